The molecule has 0 spiro atoms. The Kier molecular flexibility index (Phi) is 3.57. The van der Waals surface area contributed by atoms with E-state index in [2.05, 4.69) is 0 Å². The van der Waals surface area contributed by atoms with Gasteiger partial charge in [0, 0.05) is 9.13 Å². The smallest absolute Gasteiger partial charge is 0.295 e. The van der Waals surface area contributed by atoms with Crippen molar-refractivity contribution in [2.45, 2.75) is 13.1 Å². The van der Waals surface area contributed by atoms with Crippen LogP contribution in [0.25, 0.3) is 0 Å². The van der Waals surface area contributed by atoms with Crippen LogP contribution in [0.2, 0.25) is 0 Å². The third-order valence-electron chi connectivity index (χ3n) is 1.91. The van der Waals surface area contributed by atoms with Crippen molar-refractivity contribution in [1.29, 1.82) is 5.26 Å². The van der Waals surface area contributed by atoms with E-state index >= 15 is 0 Å². The van der Waals surface area contributed by atoms with Crippen LogP contribution in [0.15, 0.2) is 12.1 Å². The van der Waals surface area contributed by atoms with Crippen molar-refractivity contribution in [1.82, 2.24) is 0 Å². The van der Waals surface area contributed by atoms with Crippen LogP contribution in [-0.4, -0.2) is 5.78 Å². The fourth-order valence-electron chi connectivity index (χ4n) is 1.15. The fourth-order valence-corrected chi connectivity index (χ4v) is 1.89. The standard InChI is InChI=1S/C10H5F3INO/c1-5(16)6-2-8(10(11,12)13)7(4-15)9(14)3-6/h2-3H,1H3. The van der Waals surface area contributed by atoms with E-state index in [1.807, 2.05) is 0 Å². The van der Waals surface area contributed by atoms with Crippen molar-refractivity contribution in [3.63, 3.8) is 0 Å². The minimum Gasteiger partial charge on any atom is -0.295 e. The second-order valence-corrected chi connectivity index (χ2v) is 4.21. The predicted molar refractivity (Wildman–Crippen MR) is 58.9 cm³/mol. The third kappa shape index (κ3) is 2.52. The molecule has 1 rings (SSSR count). The molecule has 0 amide bonds. The highest BCUT2D eigenvalue weighted by Crippen LogP contribution is 2.34. The summed E-state index contributed by atoms with van der Waals surface area (Å²) in [5.74, 6) is -0.465. The van der Waals surface area contributed by atoms with Gasteiger partial charge in [0.05, 0.1) is 11.1 Å². The summed E-state index contributed by atoms with van der Waals surface area (Å²) in [6.45, 7) is 1.18. The fraction of sp³-hybridized carbons (Fsp3) is 0.200. The van der Waals surface area contributed by atoms with E-state index in [1.165, 1.54) is 19.1 Å². The first kappa shape index (κ1) is 13.0. The number of nitrogens with zero attached hydrogens (tertiary/aromatic N) is 1. The molecule has 0 radical (unpaired) electrons. The van der Waals surface area contributed by atoms with E-state index < -0.39 is 23.1 Å². The third-order valence-corrected chi connectivity index (χ3v) is 2.76. The van der Waals surface area contributed by atoms with E-state index in [0.717, 1.165) is 0 Å². The van der Waals surface area contributed by atoms with Crippen LogP contribution in [0.1, 0.15) is 28.4 Å². The largest absolute Gasteiger partial charge is 0.417 e. The Morgan fingerprint density at radius 2 is 2.00 bits per heavy atom. The van der Waals surface area contributed by atoms with Gasteiger partial charge in [-0.3, -0.25) is 4.79 Å². The van der Waals surface area contributed by atoms with Gasteiger partial charge in [0.2, 0.25) is 0 Å². The average molecular weight is 339 g/mol. The van der Waals surface area contributed by atoms with Gasteiger partial charge in [-0.25, -0.2) is 0 Å². The molecule has 0 N–H and O–H groups in total. The Bertz CT molecular complexity index is 488. The lowest BCUT2D eigenvalue weighted by molar-refractivity contribution is -0.137. The van der Waals surface area contributed by atoms with Crippen molar-refractivity contribution >= 4 is 28.4 Å². The average Bonchev–Trinajstić information content (AvgIpc) is 2.14. The highest BCUT2D eigenvalue weighted by Gasteiger charge is 2.35. The molecule has 16 heavy (non-hydrogen) atoms. The van der Waals surface area contributed by atoms with Crippen molar-refractivity contribution in [3.8, 4) is 6.07 Å². The first-order chi connectivity index (χ1) is 7.27. The molecular weight excluding hydrogens is 334 g/mol. The molecule has 0 unspecified atom stereocenters. The summed E-state index contributed by atoms with van der Waals surface area (Å²) >= 11 is 1.61. The Hall–Kier alpha value is -1.10. The number of benzene rings is 1. The number of halogens is 4. The van der Waals surface area contributed by atoms with E-state index in [-0.39, 0.29) is 9.13 Å². The summed E-state index contributed by atoms with van der Waals surface area (Å²) in [5, 5.41) is 8.65. The lowest BCUT2D eigenvalue weighted by atomic mass is 10.0. The van der Waals surface area contributed by atoms with Gasteiger partial charge in [-0.1, -0.05) is 0 Å². The van der Waals surface area contributed by atoms with Gasteiger partial charge in [-0.15, -0.1) is 0 Å². The number of carbonyl (C=O) groups is 1. The zero-order chi connectivity index (χ0) is 12.5. The second kappa shape index (κ2) is 4.41. The van der Waals surface area contributed by atoms with E-state index in [0.29, 0.717) is 6.07 Å². The lowest BCUT2D eigenvalue weighted by Gasteiger charge is -2.11. The first-order valence-electron chi connectivity index (χ1n) is 4.09. The number of Topliss-reactive ketones (excluding diaryl/α,β-unsaturated/α-hetero) is 1. The molecule has 0 fully saturated rings. The van der Waals surface area contributed by atoms with Gasteiger partial charge in [0.1, 0.15) is 6.07 Å². The second-order valence-electron chi connectivity index (χ2n) is 3.05. The van der Waals surface area contributed by atoms with Gasteiger partial charge >= 0.3 is 6.18 Å². The maximum Gasteiger partial charge on any atom is 0.417 e. The molecular formula is C10H5F3INO. The molecule has 6 heteroatoms. The molecule has 0 atom stereocenters. The van der Waals surface area contributed by atoms with Gasteiger partial charge in [0.25, 0.3) is 0 Å². The molecule has 1 aromatic rings. The molecule has 0 aliphatic heterocycles. The van der Waals surface area contributed by atoms with Crippen molar-refractivity contribution in [3.05, 3.63) is 32.4 Å². The Labute approximate surface area is 103 Å². The van der Waals surface area contributed by atoms with Gasteiger partial charge in [-0.2, -0.15) is 18.4 Å². The highest BCUT2D eigenvalue weighted by molar-refractivity contribution is 14.1. The Balaban J connectivity index is 3.57. The van der Waals surface area contributed by atoms with Gasteiger partial charge < -0.3 is 0 Å². The Morgan fingerprint density at radius 1 is 1.44 bits per heavy atom. The molecule has 0 heterocycles. The summed E-state index contributed by atoms with van der Waals surface area (Å²) in [6, 6.07) is 3.48. The molecule has 0 aromatic heterocycles. The summed E-state index contributed by atoms with van der Waals surface area (Å²) in [4.78, 5) is 11.0. The van der Waals surface area contributed by atoms with Gasteiger partial charge in [-0.05, 0) is 41.6 Å². The zero-order valence-electron chi connectivity index (χ0n) is 8.02. The van der Waals surface area contributed by atoms with Crippen LogP contribution >= 0.6 is 22.6 Å². The first-order valence-corrected chi connectivity index (χ1v) is 5.17. The van der Waals surface area contributed by atoms with Crippen molar-refractivity contribution in [2.75, 3.05) is 0 Å². The summed E-state index contributed by atoms with van der Waals surface area (Å²) in [7, 11) is 0. The number of hydrogen-bond acceptors (Lipinski definition) is 2. The number of nitriles is 1. The Morgan fingerprint density at radius 3 is 2.38 bits per heavy atom. The quantitative estimate of drug-likeness (QED) is 0.581. The predicted octanol–water partition coefficient (Wildman–Crippen LogP) is 3.38. The lowest BCUT2D eigenvalue weighted by Crippen LogP contribution is -2.11. The minimum absolute atomic E-state index is 0.0456. The van der Waals surface area contributed by atoms with Crippen molar-refractivity contribution in [2.24, 2.45) is 0 Å². The molecule has 2 nitrogen and oxygen atoms in total. The SMILES string of the molecule is CC(=O)c1cc(I)c(C#N)c(C(F)(F)F)c1. The van der Waals surface area contributed by atoms with E-state index in [4.69, 9.17) is 5.26 Å². The topological polar surface area (TPSA) is 40.9 Å². The molecule has 0 saturated carbocycles. The summed E-state index contributed by atoms with van der Waals surface area (Å²) < 4.78 is 37.9. The number of alkyl halides is 3. The number of rotatable bonds is 1. The summed E-state index contributed by atoms with van der Waals surface area (Å²) in [5.41, 5.74) is -1.55. The maximum absolute atomic E-state index is 12.6. The summed E-state index contributed by atoms with van der Waals surface area (Å²) in [6.07, 6.45) is -4.63. The van der Waals surface area contributed by atoms with Crippen LogP contribution in [0, 0.1) is 14.9 Å². The van der Waals surface area contributed by atoms with Crippen LogP contribution < -0.4 is 0 Å². The molecule has 84 valence electrons. The van der Waals surface area contributed by atoms with Crippen LogP contribution in [0.3, 0.4) is 0 Å². The minimum atomic E-state index is -4.63. The number of hydrogen-bond donors (Lipinski definition) is 0. The van der Waals surface area contributed by atoms with E-state index in [9.17, 15) is 18.0 Å². The number of carbonyl (C=O) groups excluding carboxylic acids is 1. The monoisotopic (exact) mass is 339 g/mol. The number of ketones is 1. The van der Waals surface area contributed by atoms with Gasteiger partial charge in [0.15, 0.2) is 5.78 Å². The van der Waals surface area contributed by atoms with Crippen LogP contribution in [-0.2, 0) is 6.18 Å². The zero-order valence-corrected chi connectivity index (χ0v) is 10.2. The van der Waals surface area contributed by atoms with Crippen LogP contribution in [0.5, 0.6) is 0 Å². The molecule has 1 aromatic carbocycles. The van der Waals surface area contributed by atoms with E-state index in [1.54, 1.807) is 22.6 Å². The molecule has 0 saturated heterocycles. The highest BCUT2D eigenvalue weighted by atomic mass is 127. The van der Waals surface area contributed by atoms with Crippen LogP contribution in [0.4, 0.5) is 13.2 Å². The maximum atomic E-state index is 12.6. The normalized spacial score (nSPS) is 11.0. The molecule has 0 aliphatic carbocycles. The molecule has 0 bridgehead atoms. The molecule has 0 aliphatic rings. The van der Waals surface area contributed by atoms with Crippen molar-refractivity contribution < 1.29 is 18.0 Å².